The zero-order valence-corrected chi connectivity index (χ0v) is 11.3. The fraction of sp³-hybridized carbons (Fsp3) is 0.667. The Morgan fingerprint density at radius 2 is 2.35 bits per heavy atom. The number of hydrogen-bond acceptors (Lipinski definition) is 4. The maximum Gasteiger partial charge on any atom is 0.143 e. The van der Waals surface area contributed by atoms with Crippen LogP contribution < -0.4 is 10.6 Å². The molecule has 1 aliphatic carbocycles. The van der Waals surface area contributed by atoms with Gasteiger partial charge in [-0.05, 0) is 54.6 Å². The van der Waals surface area contributed by atoms with Gasteiger partial charge in [0.1, 0.15) is 12.1 Å². The van der Waals surface area contributed by atoms with Crippen LogP contribution in [0.2, 0.25) is 0 Å². The number of rotatable bonds is 2. The third-order valence-corrected chi connectivity index (χ3v) is 4.53. The standard InChI is InChI=1S/C12H17BrN4/c13-10-7-14-8-15-11(10)17-9-2-5-16-12(6-9)3-1-4-12/h7-9,16H,1-6H2,(H,14,15,17). The topological polar surface area (TPSA) is 49.8 Å². The molecular weight excluding hydrogens is 280 g/mol. The fourth-order valence-electron chi connectivity index (χ4n) is 2.88. The number of anilines is 1. The summed E-state index contributed by atoms with van der Waals surface area (Å²) in [6.45, 7) is 1.11. The molecule has 4 nitrogen and oxygen atoms in total. The minimum atomic E-state index is 0.426. The van der Waals surface area contributed by atoms with Gasteiger partial charge in [-0.2, -0.15) is 0 Å². The lowest BCUT2D eigenvalue weighted by Gasteiger charge is -2.48. The van der Waals surface area contributed by atoms with Gasteiger partial charge in [-0.1, -0.05) is 0 Å². The van der Waals surface area contributed by atoms with Crippen LogP contribution in [-0.4, -0.2) is 28.1 Å². The van der Waals surface area contributed by atoms with Gasteiger partial charge in [-0.25, -0.2) is 9.97 Å². The first-order valence-corrected chi connectivity index (χ1v) is 7.04. The summed E-state index contributed by atoms with van der Waals surface area (Å²) in [6, 6.07) is 0.530. The molecule has 1 aromatic heterocycles. The lowest BCUT2D eigenvalue weighted by atomic mass is 9.70. The van der Waals surface area contributed by atoms with Crippen LogP contribution in [0.15, 0.2) is 17.0 Å². The number of piperidine rings is 1. The van der Waals surface area contributed by atoms with Crippen LogP contribution in [0, 0.1) is 0 Å². The summed E-state index contributed by atoms with van der Waals surface area (Å²) in [7, 11) is 0. The first kappa shape index (κ1) is 11.4. The van der Waals surface area contributed by atoms with Crippen LogP contribution in [0.25, 0.3) is 0 Å². The van der Waals surface area contributed by atoms with E-state index in [1.54, 1.807) is 12.5 Å². The van der Waals surface area contributed by atoms with Gasteiger partial charge in [0.15, 0.2) is 0 Å². The highest BCUT2D eigenvalue weighted by Crippen LogP contribution is 2.39. The second-order valence-corrected chi connectivity index (χ2v) is 5.97. The molecule has 2 heterocycles. The minimum Gasteiger partial charge on any atom is -0.366 e. The predicted octanol–water partition coefficient (Wildman–Crippen LogP) is 2.33. The van der Waals surface area contributed by atoms with E-state index in [0.29, 0.717) is 11.6 Å². The van der Waals surface area contributed by atoms with E-state index < -0.39 is 0 Å². The van der Waals surface area contributed by atoms with E-state index in [4.69, 9.17) is 0 Å². The van der Waals surface area contributed by atoms with Crippen molar-refractivity contribution in [2.75, 3.05) is 11.9 Å². The van der Waals surface area contributed by atoms with Crippen molar-refractivity contribution >= 4 is 21.7 Å². The van der Waals surface area contributed by atoms with Gasteiger partial charge in [0, 0.05) is 17.8 Å². The maximum atomic E-state index is 4.27. The quantitative estimate of drug-likeness (QED) is 0.879. The fourth-order valence-corrected chi connectivity index (χ4v) is 3.21. The molecular formula is C12H17BrN4. The van der Waals surface area contributed by atoms with Gasteiger partial charge < -0.3 is 10.6 Å². The number of nitrogens with one attached hydrogen (secondary N) is 2. The Hall–Kier alpha value is -0.680. The summed E-state index contributed by atoms with van der Waals surface area (Å²) in [4.78, 5) is 8.26. The molecule has 0 bridgehead atoms. The van der Waals surface area contributed by atoms with Gasteiger partial charge >= 0.3 is 0 Å². The molecule has 1 saturated carbocycles. The van der Waals surface area contributed by atoms with Crippen molar-refractivity contribution in [1.29, 1.82) is 0 Å². The molecule has 1 atom stereocenters. The summed E-state index contributed by atoms with van der Waals surface area (Å²) >= 11 is 3.48. The van der Waals surface area contributed by atoms with Gasteiger partial charge in [0.05, 0.1) is 4.47 Å². The highest BCUT2D eigenvalue weighted by atomic mass is 79.9. The van der Waals surface area contributed by atoms with Crippen LogP contribution in [-0.2, 0) is 0 Å². The third-order valence-electron chi connectivity index (χ3n) is 3.95. The molecule has 1 aliphatic heterocycles. The van der Waals surface area contributed by atoms with Gasteiger partial charge in [0.2, 0.25) is 0 Å². The maximum absolute atomic E-state index is 4.27. The molecule has 5 heteroatoms. The monoisotopic (exact) mass is 296 g/mol. The van der Waals surface area contributed by atoms with E-state index in [1.165, 1.54) is 25.7 Å². The number of halogens is 1. The van der Waals surface area contributed by atoms with Crippen molar-refractivity contribution in [3.8, 4) is 0 Å². The second-order valence-electron chi connectivity index (χ2n) is 5.11. The summed E-state index contributed by atoms with van der Waals surface area (Å²) in [6.07, 6.45) is 9.79. The van der Waals surface area contributed by atoms with E-state index in [-0.39, 0.29) is 0 Å². The molecule has 0 aromatic carbocycles. The highest BCUT2D eigenvalue weighted by Gasteiger charge is 2.40. The zero-order valence-electron chi connectivity index (χ0n) is 9.75. The van der Waals surface area contributed by atoms with Crippen LogP contribution in [0.1, 0.15) is 32.1 Å². The van der Waals surface area contributed by atoms with E-state index in [9.17, 15) is 0 Å². The second kappa shape index (κ2) is 4.53. The van der Waals surface area contributed by atoms with Gasteiger partial charge in [-0.3, -0.25) is 0 Å². The van der Waals surface area contributed by atoms with Crippen molar-refractivity contribution in [2.45, 2.75) is 43.7 Å². The Bertz CT molecular complexity index is 405. The third kappa shape index (κ3) is 2.31. The van der Waals surface area contributed by atoms with Crippen LogP contribution in [0.5, 0.6) is 0 Å². The summed E-state index contributed by atoms with van der Waals surface area (Å²) in [5.74, 6) is 0.918. The van der Waals surface area contributed by atoms with E-state index in [0.717, 1.165) is 23.3 Å². The Balaban J connectivity index is 1.67. The molecule has 2 aliphatic rings. The average molecular weight is 297 g/mol. The minimum absolute atomic E-state index is 0.426. The lowest BCUT2D eigenvalue weighted by molar-refractivity contribution is 0.135. The molecule has 2 fully saturated rings. The number of nitrogens with zero attached hydrogens (tertiary/aromatic N) is 2. The molecule has 92 valence electrons. The number of aromatic nitrogens is 2. The van der Waals surface area contributed by atoms with Gasteiger partial charge in [-0.15, -0.1) is 0 Å². The average Bonchev–Trinajstić information content (AvgIpc) is 2.31. The number of hydrogen-bond donors (Lipinski definition) is 2. The highest BCUT2D eigenvalue weighted by molar-refractivity contribution is 9.10. The van der Waals surface area contributed by atoms with Crippen molar-refractivity contribution in [1.82, 2.24) is 15.3 Å². The van der Waals surface area contributed by atoms with Crippen molar-refractivity contribution in [2.24, 2.45) is 0 Å². The summed E-state index contributed by atoms with van der Waals surface area (Å²) < 4.78 is 0.946. The molecule has 2 N–H and O–H groups in total. The van der Waals surface area contributed by atoms with Crippen LogP contribution in [0.4, 0.5) is 5.82 Å². The molecule has 1 saturated heterocycles. The first-order valence-electron chi connectivity index (χ1n) is 6.25. The largest absolute Gasteiger partial charge is 0.366 e. The molecule has 0 radical (unpaired) electrons. The Kier molecular flexibility index (Phi) is 3.04. The van der Waals surface area contributed by atoms with Gasteiger partial charge in [0.25, 0.3) is 0 Å². The van der Waals surface area contributed by atoms with Crippen molar-refractivity contribution in [3.05, 3.63) is 17.0 Å². The van der Waals surface area contributed by atoms with Crippen molar-refractivity contribution < 1.29 is 0 Å². The molecule has 1 spiro atoms. The normalized spacial score (nSPS) is 26.5. The Morgan fingerprint density at radius 3 is 3.06 bits per heavy atom. The molecule has 1 aromatic rings. The van der Waals surface area contributed by atoms with E-state index in [2.05, 4.69) is 36.5 Å². The van der Waals surface area contributed by atoms with Crippen LogP contribution in [0.3, 0.4) is 0 Å². The first-order chi connectivity index (χ1) is 8.27. The molecule has 17 heavy (non-hydrogen) atoms. The molecule has 0 amide bonds. The lowest BCUT2D eigenvalue weighted by Crippen LogP contribution is -2.58. The molecule has 3 rings (SSSR count). The molecule has 1 unspecified atom stereocenters. The Morgan fingerprint density at radius 1 is 1.47 bits per heavy atom. The summed E-state index contributed by atoms with van der Waals surface area (Å²) in [5, 5.41) is 7.21. The summed E-state index contributed by atoms with van der Waals surface area (Å²) in [5.41, 5.74) is 0.426. The van der Waals surface area contributed by atoms with Crippen LogP contribution >= 0.6 is 15.9 Å². The van der Waals surface area contributed by atoms with E-state index >= 15 is 0 Å². The zero-order chi connectivity index (χ0) is 11.7. The predicted molar refractivity (Wildman–Crippen MR) is 71.0 cm³/mol. The Labute approximate surface area is 110 Å². The smallest absolute Gasteiger partial charge is 0.143 e. The van der Waals surface area contributed by atoms with Crippen molar-refractivity contribution in [3.63, 3.8) is 0 Å². The SMILES string of the molecule is Brc1cncnc1NC1CCNC2(CCC2)C1. The van der Waals surface area contributed by atoms with E-state index in [1.807, 2.05) is 0 Å².